The summed E-state index contributed by atoms with van der Waals surface area (Å²) in [5.41, 5.74) is 5.08. The molecule has 0 saturated heterocycles. The van der Waals surface area contributed by atoms with Crippen LogP contribution in [0.15, 0.2) is 47.1 Å². The van der Waals surface area contributed by atoms with Crippen LogP contribution in [0.5, 0.6) is 0 Å². The van der Waals surface area contributed by atoms with Crippen molar-refractivity contribution >= 4 is 22.6 Å². The lowest BCUT2D eigenvalue weighted by Gasteiger charge is -2.51. The molecule has 2 fully saturated rings. The standard InChI is InChI=1S/C42H74O5Si2/c1-17-34-25-26-35-32(22-21-27-40(34,35)12)23-24-33-28-42(47-49(15,16)39(9,10)11,44-30-37(43)45-41(18-2,19-3)20-4)29-36(31(33)5)46-48(13,14)38(6,7)8/h23-25,35-36H,5,17-22,26-30H2,1-4,6-16H3/t35-,36-,40+,42+/m0/s1. The van der Waals surface area contributed by atoms with E-state index in [4.69, 9.17) is 24.9 Å². The number of hydrogen-bond acceptors (Lipinski definition) is 5. The van der Waals surface area contributed by atoms with Gasteiger partial charge in [-0.05, 0) is 110 Å². The second kappa shape index (κ2) is 15.4. The molecule has 3 rings (SSSR count). The number of hydrogen-bond donors (Lipinski definition) is 0. The van der Waals surface area contributed by atoms with Crippen LogP contribution < -0.4 is 0 Å². The van der Waals surface area contributed by atoms with Crippen LogP contribution in [-0.4, -0.2) is 46.7 Å². The van der Waals surface area contributed by atoms with Gasteiger partial charge in [-0.2, -0.15) is 0 Å². The summed E-state index contributed by atoms with van der Waals surface area (Å²) in [6.07, 6.45) is 16.1. The van der Waals surface area contributed by atoms with Crippen molar-refractivity contribution in [2.24, 2.45) is 11.3 Å². The Labute approximate surface area is 304 Å². The van der Waals surface area contributed by atoms with E-state index < -0.39 is 28.0 Å². The van der Waals surface area contributed by atoms with E-state index in [1.165, 1.54) is 18.4 Å². The van der Waals surface area contributed by atoms with Crippen molar-refractivity contribution in [3.05, 3.63) is 47.1 Å². The third-order valence-electron chi connectivity index (χ3n) is 13.6. The summed E-state index contributed by atoms with van der Waals surface area (Å²) >= 11 is 0. The summed E-state index contributed by atoms with van der Waals surface area (Å²) in [4.78, 5) is 13.5. The summed E-state index contributed by atoms with van der Waals surface area (Å²) in [5, 5.41) is -0.0340. The van der Waals surface area contributed by atoms with Gasteiger partial charge in [-0.25, -0.2) is 4.79 Å². The van der Waals surface area contributed by atoms with Gasteiger partial charge in [0.05, 0.1) is 6.10 Å². The second-order valence-electron chi connectivity index (χ2n) is 18.6. The number of carbonyl (C=O) groups is 1. The third-order valence-corrected chi connectivity index (χ3v) is 22.5. The monoisotopic (exact) mass is 715 g/mol. The van der Waals surface area contributed by atoms with Gasteiger partial charge in [-0.15, -0.1) is 0 Å². The molecule has 0 aromatic rings. The first-order valence-electron chi connectivity index (χ1n) is 19.5. The zero-order valence-corrected chi connectivity index (χ0v) is 36.4. The number of allylic oxidation sites excluding steroid dienone is 5. The molecule has 0 spiro atoms. The lowest BCUT2D eigenvalue weighted by molar-refractivity contribution is -0.220. The Balaban J connectivity index is 2.11. The van der Waals surface area contributed by atoms with Gasteiger partial charge in [0.25, 0.3) is 0 Å². The molecule has 0 heterocycles. The number of fused-ring (bicyclic) bond motifs is 1. The Morgan fingerprint density at radius 2 is 1.55 bits per heavy atom. The molecule has 0 bridgehead atoms. The van der Waals surface area contributed by atoms with Crippen molar-refractivity contribution in [3.8, 4) is 0 Å². The molecule has 0 radical (unpaired) electrons. The topological polar surface area (TPSA) is 54.0 Å². The maximum atomic E-state index is 13.5. The van der Waals surface area contributed by atoms with E-state index in [0.717, 1.165) is 49.7 Å². The first-order chi connectivity index (χ1) is 22.4. The van der Waals surface area contributed by atoms with Gasteiger partial charge in [0.2, 0.25) is 0 Å². The summed E-state index contributed by atoms with van der Waals surface area (Å²) in [7, 11) is -4.59. The largest absolute Gasteiger partial charge is 0.457 e. The maximum absolute atomic E-state index is 13.5. The molecule has 49 heavy (non-hydrogen) atoms. The van der Waals surface area contributed by atoms with Crippen LogP contribution in [0.4, 0.5) is 0 Å². The molecular formula is C42H74O5Si2. The van der Waals surface area contributed by atoms with E-state index >= 15 is 0 Å². The minimum atomic E-state index is -2.38. The van der Waals surface area contributed by atoms with Gasteiger partial charge < -0.3 is 18.3 Å². The summed E-state index contributed by atoms with van der Waals surface area (Å²) < 4.78 is 27.5. The molecule has 0 amide bonds. The van der Waals surface area contributed by atoms with Crippen LogP contribution in [0.1, 0.15) is 140 Å². The molecule has 5 nitrogen and oxygen atoms in total. The highest BCUT2D eigenvalue weighted by Crippen LogP contribution is 2.56. The lowest BCUT2D eigenvalue weighted by atomic mass is 9.64. The fraction of sp³-hybridized carbons (Fsp3) is 0.786. The second-order valence-corrected chi connectivity index (χ2v) is 28.1. The van der Waals surface area contributed by atoms with E-state index in [2.05, 4.69) is 121 Å². The number of rotatable bonds is 13. The molecule has 280 valence electrons. The number of carbonyl (C=O) groups excluding carboxylic acids is 1. The first-order valence-corrected chi connectivity index (χ1v) is 25.3. The maximum Gasteiger partial charge on any atom is 0.332 e. The predicted octanol–water partition coefficient (Wildman–Crippen LogP) is 12.4. The van der Waals surface area contributed by atoms with Crippen molar-refractivity contribution in [3.63, 3.8) is 0 Å². The molecule has 0 aromatic heterocycles. The molecule has 0 N–H and O–H groups in total. The van der Waals surface area contributed by atoms with Crippen LogP contribution in [0.2, 0.25) is 36.3 Å². The zero-order chi connectivity index (χ0) is 37.3. The SMILES string of the molecule is C=C1C(=CC=C2CCC[C@]3(C)C(CC)=CC[C@@H]23)C[C@@](OCC(=O)OC(CC)(CC)CC)(O[Si](C)(C)C(C)(C)C)C[C@@H]1O[Si](C)(C)C(C)(C)C. The molecule has 2 saturated carbocycles. The summed E-state index contributed by atoms with van der Waals surface area (Å²) in [6, 6.07) is 0. The van der Waals surface area contributed by atoms with Gasteiger partial charge in [0.15, 0.2) is 22.4 Å². The highest BCUT2D eigenvalue weighted by Gasteiger charge is 2.52. The third kappa shape index (κ3) is 9.22. The smallest absolute Gasteiger partial charge is 0.332 e. The molecule has 0 aromatic carbocycles. The molecule has 4 atom stereocenters. The molecule has 0 unspecified atom stereocenters. The molecule has 3 aliphatic carbocycles. The van der Waals surface area contributed by atoms with Crippen LogP contribution in [0, 0.1) is 11.3 Å². The number of esters is 1. The van der Waals surface area contributed by atoms with E-state index in [1.54, 1.807) is 5.57 Å². The highest BCUT2D eigenvalue weighted by molar-refractivity contribution is 6.74. The predicted molar refractivity (Wildman–Crippen MR) is 212 cm³/mol. The summed E-state index contributed by atoms with van der Waals surface area (Å²) in [6.45, 7) is 38.3. The van der Waals surface area contributed by atoms with Crippen LogP contribution in [0.25, 0.3) is 0 Å². The quantitative estimate of drug-likeness (QED) is 0.0823. The van der Waals surface area contributed by atoms with Crippen LogP contribution in [-0.2, 0) is 23.1 Å². The van der Waals surface area contributed by atoms with E-state index in [-0.39, 0.29) is 34.2 Å². The molecule has 3 aliphatic rings. The fourth-order valence-electron chi connectivity index (χ4n) is 7.82. The van der Waals surface area contributed by atoms with Gasteiger partial charge in [0.1, 0.15) is 12.2 Å². The minimum absolute atomic E-state index is 0.0208. The van der Waals surface area contributed by atoms with Gasteiger partial charge in [-0.3, -0.25) is 0 Å². The van der Waals surface area contributed by atoms with E-state index in [1.807, 2.05) is 0 Å². The first kappa shape index (κ1) is 42.2. The average Bonchev–Trinajstić information content (AvgIpc) is 3.35. The van der Waals surface area contributed by atoms with E-state index in [9.17, 15) is 4.79 Å². The van der Waals surface area contributed by atoms with Crippen molar-refractivity contribution in [1.82, 2.24) is 0 Å². The zero-order valence-electron chi connectivity index (χ0n) is 34.4. The molecular weight excluding hydrogens is 641 g/mol. The molecule has 7 heteroatoms. The average molecular weight is 715 g/mol. The molecule has 0 aliphatic heterocycles. The normalized spacial score (nSPS) is 29.0. The lowest BCUT2D eigenvalue weighted by Crippen LogP contribution is -2.56. The number of ether oxygens (including phenoxy) is 2. The Bertz CT molecular complexity index is 1280. The van der Waals surface area contributed by atoms with Gasteiger partial charge >= 0.3 is 5.97 Å². The van der Waals surface area contributed by atoms with Crippen molar-refractivity contribution in [2.75, 3.05) is 6.61 Å². The van der Waals surface area contributed by atoms with Crippen LogP contribution in [0.3, 0.4) is 0 Å². The Morgan fingerprint density at radius 1 is 0.959 bits per heavy atom. The summed E-state index contributed by atoms with van der Waals surface area (Å²) in [5.74, 6) is -0.816. The van der Waals surface area contributed by atoms with Crippen molar-refractivity contribution in [1.29, 1.82) is 0 Å². The Kier molecular flexibility index (Phi) is 13.2. The van der Waals surface area contributed by atoms with Crippen molar-refractivity contribution < 1.29 is 23.1 Å². The van der Waals surface area contributed by atoms with Crippen molar-refractivity contribution in [2.45, 2.75) is 194 Å². The Hall–Kier alpha value is -1.26. The van der Waals surface area contributed by atoms with Gasteiger partial charge in [0, 0.05) is 12.8 Å². The Morgan fingerprint density at radius 3 is 2.08 bits per heavy atom. The van der Waals surface area contributed by atoms with E-state index in [0.29, 0.717) is 18.8 Å². The van der Waals surface area contributed by atoms with Crippen LogP contribution >= 0.6 is 0 Å². The fourth-order valence-corrected chi connectivity index (χ4v) is 10.6. The van der Waals surface area contributed by atoms with Gasteiger partial charge in [-0.1, -0.05) is 112 Å². The highest BCUT2D eigenvalue weighted by atomic mass is 28.4. The minimum Gasteiger partial charge on any atom is -0.457 e.